The number of nitro groups is 1. The van der Waals surface area contributed by atoms with Crippen molar-refractivity contribution >= 4 is 23.2 Å². The van der Waals surface area contributed by atoms with Crippen molar-refractivity contribution in [1.82, 2.24) is 5.32 Å². The van der Waals surface area contributed by atoms with Gasteiger partial charge in [0.1, 0.15) is 0 Å². The second-order valence-corrected chi connectivity index (χ2v) is 4.37. The molecule has 0 saturated carbocycles. The summed E-state index contributed by atoms with van der Waals surface area (Å²) in [4.78, 5) is 32.9. The number of carbonyl (C=O) groups is 2. The first-order valence-corrected chi connectivity index (χ1v) is 5.73. The normalized spacial score (nSPS) is 10.1. The number of rotatable bonds is 4. The molecule has 102 valence electrons. The van der Waals surface area contributed by atoms with Crippen LogP contribution in [0.1, 0.15) is 13.8 Å². The fourth-order valence-corrected chi connectivity index (χ4v) is 1.26. The third-order valence-electron chi connectivity index (χ3n) is 2.19. The highest BCUT2D eigenvalue weighted by molar-refractivity contribution is 6.39. The fourth-order valence-electron chi connectivity index (χ4n) is 1.26. The maximum Gasteiger partial charge on any atom is 0.313 e. The molecule has 0 aliphatic heterocycles. The first kappa shape index (κ1) is 14.6. The summed E-state index contributed by atoms with van der Waals surface area (Å²) in [5, 5.41) is 15.3. The van der Waals surface area contributed by atoms with Gasteiger partial charge in [0.15, 0.2) is 0 Å². The Labute approximate surface area is 110 Å². The summed E-state index contributed by atoms with van der Waals surface area (Å²) < 4.78 is 0. The van der Waals surface area contributed by atoms with Crippen LogP contribution in [0.15, 0.2) is 24.3 Å². The molecular formula is C12H15N3O4. The first-order valence-electron chi connectivity index (χ1n) is 5.73. The molecule has 1 rings (SSSR count). The zero-order valence-corrected chi connectivity index (χ0v) is 10.7. The van der Waals surface area contributed by atoms with Crippen molar-refractivity contribution in [2.75, 3.05) is 11.9 Å². The van der Waals surface area contributed by atoms with Crippen molar-refractivity contribution in [3.05, 3.63) is 34.4 Å². The molecule has 2 N–H and O–H groups in total. The number of nitrogens with zero attached hydrogens (tertiary/aromatic N) is 1. The molecule has 0 spiro atoms. The van der Waals surface area contributed by atoms with Crippen molar-refractivity contribution in [2.45, 2.75) is 13.8 Å². The molecule has 0 radical (unpaired) electrons. The molecule has 0 aliphatic carbocycles. The predicted octanol–water partition coefficient (Wildman–Crippen LogP) is 1.31. The van der Waals surface area contributed by atoms with Crippen LogP contribution >= 0.6 is 0 Å². The van der Waals surface area contributed by atoms with Gasteiger partial charge in [0.25, 0.3) is 5.69 Å². The minimum Gasteiger partial charge on any atom is -0.348 e. The van der Waals surface area contributed by atoms with E-state index in [9.17, 15) is 19.7 Å². The zero-order chi connectivity index (χ0) is 14.4. The van der Waals surface area contributed by atoms with Gasteiger partial charge < -0.3 is 10.6 Å². The third kappa shape index (κ3) is 4.74. The average molecular weight is 265 g/mol. The van der Waals surface area contributed by atoms with E-state index in [4.69, 9.17) is 0 Å². The highest BCUT2D eigenvalue weighted by Gasteiger charge is 2.15. The number of nitro benzene ring substituents is 1. The molecule has 2 amide bonds. The average Bonchev–Trinajstić information content (AvgIpc) is 2.36. The van der Waals surface area contributed by atoms with E-state index in [1.165, 1.54) is 24.3 Å². The molecule has 0 aromatic heterocycles. The summed E-state index contributed by atoms with van der Waals surface area (Å²) in [6.07, 6.45) is 0. The van der Waals surface area contributed by atoms with Crippen LogP contribution in [0.4, 0.5) is 11.4 Å². The summed E-state index contributed by atoms with van der Waals surface area (Å²) >= 11 is 0. The zero-order valence-electron chi connectivity index (χ0n) is 10.7. The molecule has 19 heavy (non-hydrogen) atoms. The molecule has 7 nitrogen and oxygen atoms in total. The van der Waals surface area contributed by atoms with E-state index < -0.39 is 16.7 Å². The molecule has 1 aromatic carbocycles. The smallest absolute Gasteiger partial charge is 0.313 e. The van der Waals surface area contributed by atoms with E-state index in [-0.39, 0.29) is 17.3 Å². The summed E-state index contributed by atoms with van der Waals surface area (Å²) in [5.74, 6) is -1.38. The molecular weight excluding hydrogens is 250 g/mol. The van der Waals surface area contributed by atoms with Crippen molar-refractivity contribution < 1.29 is 14.5 Å². The molecule has 7 heteroatoms. The Balaban J connectivity index is 2.64. The Kier molecular flexibility index (Phi) is 4.99. The number of benzene rings is 1. The first-order chi connectivity index (χ1) is 8.90. The van der Waals surface area contributed by atoms with Crippen LogP contribution < -0.4 is 10.6 Å². The van der Waals surface area contributed by atoms with Crippen LogP contribution in [0.25, 0.3) is 0 Å². The summed E-state index contributed by atoms with van der Waals surface area (Å²) in [6, 6.07) is 5.39. The van der Waals surface area contributed by atoms with Crippen molar-refractivity contribution in [1.29, 1.82) is 0 Å². The lowest BCUT2D eigenvalue weighted by atomic mass is 10.2. The van der Waals surface area contributed by atoms with Gasteiger partial charge in [0.2, 0.25) is 0 Å². The van der Waals surface area contributed by atoms with E-state index in [0.717, 1.165) is 0 Å². The number of nitrogens with one attached hydrogen (secondary N) is 2. The van der Waals surface area contributed by atoms with E-state index >= 15 is 0 Å². The Bertz CT molecular complexity index is 500. The Hall–Kier alpha value is -2.44. The molecule has 1 aromatic rings. The highest BCUT2D eigenvalue weighted by Crippen LogP contribution is 2.16. The predicted molar refractivity (Wildman–Crippen MR) is 69.6 cm³/mol. The second kappa shape index (κ2) is 6.48. The summed E-state index contributed by atoms with van der Waals surface area (Å²) in [6.45, 7) is 4.19. The number of hydrogen-bond donors (Lipinski definition) is 2. The Morgan fingerprint density at radius 3 is 2.58 bits per heavy atom. The molecule has 0 aliphatic rings. The Morgan fingerprint density at radius 2 is 2.00 bits per heavy atom. The largest absolute Gasteiger partial charge is 0.348 e. The van der Waals surface area contributed by atoms with E-state index in [0.29, 0.717) is 6.54 Å². The minimum absolute atomic E-state index is 0.152. The van der Waals surface area contributed by atoms with Gasteiger partial charge >= 0.3 is 11.8 Å². The second-order valence-electron chi connectivity index (χ2n) is 4.37. The molecule has 0 heterocycles. The SMILES string of the molecule is CC(C)CNC(=O)C(=O)Nc1cccc([N+](=O)[O-])c1. The number of carbonyl (C=O) groups excluding carboxylic acids is 2. The molecule has 0 fully saturated rings. The maximum atomic E-state index is 11.5. The number of anilines is 1. The standard InChI is InChI=1S/C12H15N3O4/c1-8(2)7-13-11(16)12(17)14-9-4-3-5-10(6-9)15(18)19/h3-6,8H,7H2,1-2H3,(H,13,16)(H,14,17). The van der Waals surface area contributed by atoms with Crippen molar-refractivity contribution in [3.8, 4) is 0 Å². The maximum absolute atomic E-state index is 11.5. The molecule has 0 saturated heterocycles. The van der Waals surface area contributed by atoms with E-state index in [2.05, 4.69) is 10.6 Å². The van der Waals surface area contributed by atoms with Crippen LogP contribution in [0.3, 0.4) is 0 Å². The van der Waals surface area contributed by atoms with Crippen molar-refractivity contribution in [3.63, 3.8) is 0 Å². The number of amides is 2. The van der Waals surface area contributed by atoms with Crippen LogP contribution in [0.5, 0.6) is 0 Å². The van der Waals surface area contributed by atoms with E-state index in [1.54, 1.807) is 0 Å². The topological polar surface area (TPSA) is 101 Å². The summed E-state index contributed by atoms with van der Waals surface area (Å²) in [5.41, 5.74) is 0.0549. The van der Waals surface area contributed by atoms with Gasteiger partial charge in [-0.3, -0.25) is 19.7 Å². The Morgan fingerprint density at radius 1 is 1.32 bits per heavy atom. The molecule has 0 atom stereocenters. The molecule has 0 unspecified atom stereocenters. The molecule has 0 bridgehead atoms. The quantitative estimate of drug-likeness (QED) is 0.486. The van der Waals surface area contributed by atoms with Crippen LogP contribution in [0.2, 0.25) is 0 Å². The lowest BCUT2D eigenvalue weighted by molar-refractivity contribution is -0.384. The summed E-state index contributed by atoms with van der Waals surface area (Å²) in [7, 11) is 0. The highest BCUT2D eigenvalue weighted by atomic mass is 16.6. The van der Waals surface area contributed by atoms with Crippen LogP contribution in [-0.2, 0) is 9.59 Å². The lowest BCUT2D eigenvalue weighted by Crippen LogP contribution is -2.37. The van der Waals surface area contributed by atoms with Gasteiger partial charge in [-0.1, -0.05) is 19.9 Å². The lowest BCUT2D eigenvalue weighted by Gasteiger charge is -2.08. The van der Waals surface area contributed by atoms with Gasteiger partial charge in [-0.25, -0.2) is 0 Å². The van der Waals surface area contributed by atoms with Gasteiger partial charge in [0, 0.05) is 24.4 Å². The van der Waals surface area contributed by atoms with Gasteiger partial charge in [-0.05, 0) is 12.0 Å². The number of non-ortho nitro benzene ring substituents is 1. The van der Waals surface area contributed by atoms with Crippen LogP contribution in [0, 0.1) is 16.0 Å². The van der Waals surface area contributed by atoms with Crippen LogP contribution in [-0.4, -0.2) is 23.3 Å². The fraction of sp³-hybridized carbons (Fsp3) is 0.333. The van der Waals surface area contributed by atoms with Crippen molar-refractivity contribution in [2.24, 2.45) is 5.92 Å². The van der Waals surface area contributed by atoms with Gasteiger partial charge in [-0.15, -0.1) is 0 Å². The minimum atomic E-state index is -0.846. The van der Waals surface area contributed by atoms with Gasteiger partial charge in [0.05, 0.1) is 4.92 Å². The third-order valence-corrected chi connectivity index (χ3v) is 2.19. The van der Waals surface area contributed by atoms with Gasteiger partial charge in [-0.2, -0.15) is 0 Å². The monoisotopic (exact) mass is 265 g/mol. The number of hydrogen-bond acceptors (Lipinski definition) is 4. The van der Waals surface area contributed by atoms with E-state index in [1.807, 2.05) is 13.8 Å².